The summed E-state index contributed by atoms with van der Waals surface area (Å²) < 4.78 is 100. The van der Waals surface area contributed by atoms with Gasteiger partial charge in [0.05, 0.1) is 37.9 Å². The first-order valence-corrected chi connectivity index (χ1v) is 26.7. The van der Waals surface area contributed by atoms with Gasteiger partial charge in [-0.1, -0.05) is 30.7 Å². The molecule has 0 bridgehead atoms. The van der Waals surface area contributed by atoms with Crippen LogP contribution in [0.1, 0.15) is 68.7 Å². The van der Waals surface area contributed by atoms with Crippen molar-refractivity contribution in [2.75, 3.05) is 26.3 Å². The Morgan fingerprint density at radius 2 is 0.678 bits per heavy atom. The third-order valence-corrected chi connectivity index (χ3v) is 13.2. The molecule has 0 spiro atoms. The molecule has 5 aliphatic rings. The van der Waals surface area contributed by atoms with Crippen LogP contribution in [0.15, 0.2) is 30.7 Å². The summed E-state index contributed by atoms with van der Waals surface area (Å²) in [4.78, 5) is 131. The topological polar surface area (TPSA) is 603 Å². The van der Waals surface area contributed by atoms with Gasteiger partial charge < -0.3 is 80.5 Å². The Hall–Kier alpha value is -9.23. The summed E-state index contributed by atoms with van der Waals surface area (Å²) >= 11 is 0. The second-order valence-corrected chi connectivity index (χ2v) is 19.7. The molecule has 8 unspecified atom stereocenters. The maximum atomic E-state index is 13.5. The zero-order chi connectivity index (χ0) is 66.5. The molecule has 44 nitrogen and oxygen atoms in total. The van der Waals surface area contributed by atoms with Crippen molar-refractivity contribution >= 4 is 53.7 Å². The number of carbonyl (C=O) groups is 9. The first-order chi connectivity index (χ1) is 42.8. The van der Waals surface area contributed by atoms with Crippen molar-refractivity contribution in [3.8, 4) is 0 Å². The van der Waals surface area contributed by atoms with Crippen molar-refractivity contribution < 1.29 is 124 Å². The number of carbonyl (C=O) groups excluding carboxylic acids is 9. The van der Waals surface area contributed by atoms with Crippen LogP contribution in [0.25, 0.3) is 62.7 Å². The fourth-order valence-corrected chi connectivity index (χ4v) is 10.3. The van der Waals surface area contributed by atoms with Gasteiger partial charge in [-0.25, -0.2) is 0 Å². The lowest BCUT2D eigenvalue weighted by Gasteiger charge is -2.48. The van der Waals surface area contributed by atoms with Crippen molar-refractivity contribution in [2.45, 2.75) is 210 Å². The van der Waals surface area contributed by atoms with E-state index in [0.29, 0.717) is 0 Å². The van der Waals surface area contributed by atoms with Gasteiger partial charge in [0, 0.05) is 91.8 Å². The predicted molar refractivity (Wildman–Crippen MR) is 281 cm³/mol. The Bertz CT molecular complexity index is 2970. The van der Waals surface area contributed by atoms with Crippen LogP contribution in [0.4, 0.5) is 0 Å². The van der Waals surface area contributed by atoms with Gasteiger partial charge >= 0.3 is 53.7 Å². The Kier molecular flexibility index (Phi) is 27.0. The maximum Gasteiger partial charge on any atom is 0.303 e. The molecule has 23 atom stereocenters. The number of rotatable bonds is 27. The van der Waals surface area contributed by atoms with Gasteiger partial charge in [-0.3, -0.25) is 43.2 Å². The lowest BCUT2D eigenvalue weighted by molar-refractivity contribution is -0.309. The highest BCUT2D eigenvalue weighted by atomic mass is 16.8. The zero-order valence-electron chi connectivity index (χ0n) is 49.0. The summed E-state index contributed by atoms with van der Waals surface area (Å²) in [5, 5.41) is 22.0. The maximum absolute atomic E-state index is 13.5. The monoisotopic (exact) mass is 1280 g/mol. The van der Waals surface area contributed by atoms with Gasteiger partial charge in [0.15, 0.2) is 67.9 Å². The summed E-state index contributed by atoms with van der Waals surface area (Å²) in [5.74, 6) is -9.06. The Morgan fingerprint density at radius 1 is 0.344 bits per heavy atom. The molecule has 0 amide bonds. The largest absolute Gasteiger partial charge is 0.463 e. The van der Waals surface area contributed by atoms with Crippen LogP contribution >= 0.6 is 0 Å². The molecule has 90 heavy (non-hydrogen) atoms. The molecule has 5 fully saturated rings. The molecule has 4 heterocycles. The molecule has 0 aromatic rings. The highest BCUT2D eigenvalue weighted by molar-refractivity contribution is 5.70. The average Bonchev–Trinajstić information content (AvgIpc) is 1.16. The van der Waals surface area contributed by atoms with Crippen molar-refractivity contribution in [3.05, 3.63) is 62.7 Å². The van der Waals surface area contributed by atoms with Gasteiger partial charge in [-0.05, 0) is 39.6 Å². The molecule has 1 saturated carbocycles. The molecule has 4 saturated heterocycles. The van der Waals surface area contributed by atoms with Crippen LogP contribution in [-0.2, 0) is 124 Å². The zero-order valence-corrected chi connectivity index (χ0v) is 49.0. The molecule has 4 aliphatic heterocycles. The third kappa shape index (κ3) is 19.4. The minimum atomic E-state index is -2.21. The summed E-state index contributed by atoms with van der Waals surface area (Å²) in [7, 11) is 0. The van der Waals surface area contributed by atoms with E-state index in [2.05, 4.69) is 60.2 Å². The van der Waals surface area contributed by atoms with Crippen molar-refractivity contribution in [1.29, 1.82) is 0 Å². The highest BCUT2D eigenvalue weighted by Crippen LogP contribution is 2.41. The fourth-order valence-electron chi connectivity index (χ4n) is 10.3. The van der Waals surface area contributed by atoms with Crippen LogP contribution < -0.4 is 0 Å². The smallest absolute Gasteiger partial charge is 0.303 e. The van der Waals surface area contributed by atoms with E-state index in [1.807, 2.05) is 0 Å². The molecule has 490 valence electrons. The molecule has 1 aliphatic carbocycles. The summed E-state index contributed by atoms with van der Waals surface area (Å²) in [6.07, 6.45) is -35.6. The van der Waals surface area contributed by atoms with Gasteiger partial charge in [0.2, 0.25) is 0 Å². The van der Waals surface area contributed by atoms with Gasteiger partial charge in [0.25, 0.3) is 0 Å². The van der Waals surface area contributed by atoms with E-state index in [1.165, 1.54) is 0 Å². The third-order valence-electron chi connectivity index (χ3n) is 13.2. The van der Waals surface area contributed by atoms with E-state index in [1.54, 1.807) is 0 Å². The number of ether oxygens (including phenoxy) is 17. The van der Waals surface area contributed by atoms with Crippen molar-refractivity contribution in [2.24, 2.45) is 30.7 Å². The van der Waals surface area contributed by atoms with Crippen LogP contribution in [0.2, 0.25) is 0 Å². The Labute approximate surface area is 505 Å². The van der Waals surface area contributed by atoms with Crippen molar-refractivity contribution in [1.82, 2.24) is 0 Å². The number of hydrogen-bond donors (Lipinski definition) is 0. The van der Waals surface area contributed by atoms with E-state index in [-0.39, 0.29) is 0 Å². The first-order valence-electron chi connectivity index (χ1n) is 26.7. The van der Waals surface area contributed by atoms with E-state index >= 15 is 0 Å². The molecular formula is C46H60N18O26. The van der Waals surface area contributed by atoms with E-state index in [9.17, 15) is 76.3 Å². The SMILES string of the molecule is CC(=O)OC[C@H]1O[C@@H](OC[C@H]2O[C@@H](O[C@@H]3C(OC(C)=O)[C@H](N=[N+]=[N-])CC(N=[N+]=[N-])[C@H]3O[C@H]3OC(CN=[N+]=[N-])[C@@H](OC(C)=O)[C@H](OC(C)=O)C3N=[N+]=[N-])C(OC(C)=O)[C@H]2O[C@H]2O[C@@H](CN=[N+]=[N-])[C@@H](OC(C)=O)C(OC(C)=O)C2N=[N+]=[N-])C(OC(C)=O)[C@H]1OC(C)=O. The minimum Gasteiger partial charge on any atom is -0.463 e. The van der Waals surface area contributed by atoms with Crippen LogP contribution in [-0.4, -0.2) is 221 Å². The standard InChI is InChI=1S/C46H60N18O26/c1-15(65)74-13-28-36(79-19(5)69)41(82-22(8)72)45(86-28)75-14-29-37(89-44-31(58-64-52)39(81-21(7)71)35(78-18(4)68)27(85-44)12-54-60-48)42(83-23(9)73)46(87-29)90-40-32(76-16(2)66)24(55-61-49)10-25(56-62-50)33(40)88-43-30(57-63-51)38(80-20(6)70)34(77-17(3)67)26(84-43)11-53-59-47/h24-46H,10-14H2,1-9H3/t24-,25?,26?,27+,28-,29-,30?,31?,32?,33-,34-,35-,36+,37+,38-,39?,40-,41?,42?,43-,44-,45-,46+/m1/s1. The van der Waals surface area contributed by atoms with Crippen LogP contribution in [0.3, 0.4) is 0 Å². The first kappa shape index (κ1) is 71.5. The van der Waals surface area contributed by atoms with Crippen LogP contribution in [0.5, 0.6) is 0 Å². The fraction of sp³-hybridized carbons (Fsp3) is 0.804. The molecular weight excluding hydrogens is 1220 g/mol. The van der Waals surface area contributed by atoms with E-state index < -0.39 is 227 Å². The molecule has 0 aromatic heterocycles. The number of hydrogen-bond acceptors (Lipinski definition) is 32. The number of nitrogens with zero attached hydrogens (tertiary/aromatic N) is 18. The minimum absolute atomic E-state index is 0.575. The lowest BCUT2D eigenvalue weighted by Crippen LogP contribution is -2.65. The second kappa shape index (κ2) is 33.9. The number of azide groups is 6. The normalized spacial score (nSPS) is 34.0. The van der Waals surface area contributed by atoms with Gasteiger partial charge in [-0.2, -0.15) is 0 Å². The molecule has 0 radical (unpaired) electrons. The molecule has 0 aromatic carbocycles. The quantitative estimate of drug-likeness (QED) is 0.0375. The summed E-state index contributed by atoms with van der Waals surface area (Å²) in [6, 6.07) is -7.10. The highest BCUT2D eigenvalue weighted by Gasteiger charge is 2.60. The van der Waals surface area contributed by atoms with E-state index in [4.69, 9.17) is 80.5 Å². The van der Waals surface area contributed by atoms with Gasteiger partial charge in [-0.15, -0.1) is 0 Å². The van der Waals surface area contributed by atoms with Gasteiger partial charge in [0.1, 0.15) is 61.4 Å². The number of esters is 9. The van der Waals surface area contributed by atoms with Crippen molar-refractivity contribution in [3.63, 3.8) is 0 Å². The van der Waals surface area contributed by atoms with E-state index in [0.717, 1.165) is 62.3 Å². The average molecular weight is 1280 g/mol. The molecule has 5 rings (SSSR count). The molecule has 0 N–H and O–H groups in total. The Morgan fingerprint density at radius 3 is 1.09 bits per heavy atom. The van der Waals surface area contributed by atoms with Crippen LogP contribution in [0, 0.1) is 0 Å². The summed E-state index contributed by atoms with van der Waals surface area (Å²) in [5.41, 5.74) is 58.5. The second-order valence-electron chi connectivity index (χ2n) is 19.7. The summed E-state index contributed by atoms with van der Waals surface area (Å²) in [6.45, 7) is 5.66. The predicted octanol–water partition coefficient (Wildman–Crippen LogP) is 2.81. The lowest BCUT2D eigenvalue weighted by atomic mass is 9.83. The molecule has 44 heteroatoms. The Balaban J connectivity index is 1.77.